The average molecular weight is 378 g/mol. The number of aromatic amines is 1. The summed E-state index contributed by atoms with van der Waals surface area (Å²) in [5.74, 6) is 0.248. The lowest BCUT2D eigenvalue weighted by atomic mass is 9.91. The van der Waals surface area contributed by atoms with E-state index in [1.165, 1.54) is 24.8 Å². The number of amides is 1. The highest BCUT2D eigenvalue weighted by Crippen LogP contribution is 2.28. The van der Waals surface area contributed by atoms with Gasteiger partial charge in [-0.3, -0.25) is 14.6 Å². The molecule has 0 bridgehead atoms. The van der Waals surface area contributed by atoms with E-state index >= 15 is 0 Å². The third kappa shape index (κ3) is 3.17. The van der Waals surface area contributed by atoms with Gasteiger partial charge in [0, 0.05) is 62.6 Å². The minimum atomic E-state index is 0.248. The zero-order valence-corrected chi connectivity index (χ0v) is 16.2. The molecule has 2 fully saturated rings. The fraction of sp³-hybridized carbons (Fsp3) is 0.571. The van der Waals surface area contributed by atoms with Crippen LogP contribution < -0.4 is 0 Å². The van der Waals surface area contributed by atoms with Gasteiger partial charge in [-0.15, -0.1) is 0 Å². The summed E-state index contributed by atoms with van der Waals surface area (Å²) >= 11 is 0. The number of nitriles is 1. The Morgan fingerprint density at radius 2 is 2.07 bits per heavy atom. The molecule has 28 heavy (non-hydrogen) atoms. The van der Waals surface area contributed by atoms with Crippen LogP contribution in [-0.4, -0.2) is 75.9 Å². The van der Waals surface area contributed by atoms with Gasteiger partial charge in [-0.25, -0.2) is 4.98 Å². The summed E-state index contributed by atoms with van der Waals surface area (Å²) in [6, 6.07) is 4.85. The van der Waals surface area contributed by atoms with Crippen molar-refractivity contribution in [1.29, 1.82) is 5.26 Å². The molecule has 0 aromatic carbocycles. The molecule has 7 heteroatoms. The van der Waals surface area contributed by atoms with E-state index in [0.717, 1.165) is 68.5 Å². The highest BCUT2D eigenvalue weighted by atomic mass is 16.2. The Hall–Kier alpha value is -2.43. The minimum Gasteiger partial charge on any atom is -0.342 e. The van der Waals surface area contributed by atoms with E-state index < -0.39 is 0 Å². The number of piperazine rings is 1. The third-order valence-corrected chi connectivity index (χ3v) is 6.65. The number of nitrogens with zero attached hydrogens (tertiary/aromatic N) is 5. The first-order valence-electron chi connectivity index (χ1n) is 10.3. The highest BCUT2D eigenvalue weighted by molar-refractivity contribution is 5.83. The predicted octanol–water partition coefficient (Wildman–Crippen LogP) is 1.49. The van der Waals surface area contributed by atoms with Crippen molar-refractivity contribution >= 4 is 16.9 Å². The van der Waals surface area contributed by atoms with Crippen LogP contribution in [0.2, 0.25) is 0 Å². The van der Waals surface area contributed by atoms with E-state index in [1.807, 2.05) is 11.0 Å². The van der Waals surface area contributed by atoms with E-state index in [4.69, 9.17) is 5.26 Å². The number of rotatable bonds is 3. The van der Waals surface area contributed by atoms with E-state index in [2.05, 4.69) is 25.8 Å². The van der Waals surface area contributed by atoms with Crippen LogP contribution in [0.15, 0.2) is 12.3 Å². The van der Waals surface area contributed by atoms with Gasteiger partial charge in [0.1, 0.15) is 11.7 Å². The first-order valence-corrected chi connectivity index (χ1v) is 10.3. The Bertz CT molecular complexity index is 932. The molecular formula is C21H26N6O. The SMILES string of the molecule is N#Cc1cnc2[nH]c3c(c2c1)CCN(CC(=O)N1CCN(C2CCC2)CC1)C3. The molecular weight excluding hydrogens is 352 g/mol. The van der Waals surface area contributed by atoms with E-state index in [9.17, 15) is 4.79 Å². The Balaban J connectivity index is 1.21. The minimum absolute atomic E-state index is 0.248. The van der Waals surface area contributed by atoms with E-state index in [1.54, 1.807) is 6.20 Å². The maximum atomic E-state index is 12.8. The van der Waals surface area contributed by atoms with Crippen LogP contribution in [0, 0.1) is 11.3 Å². The smallest absolute Gasteiger partial charge is 0.236 e. The summed E-state index contributed by atoms with van der Waals surface area (Å²) in [6.45, 7) is 5.86. The standard InChI is InChI=1S/C21H26N6O/c22-11-15-10-18-17-4-5-25(13-19(17)24-21(18)23-12-15)14-20(28)27-8-6-26(7-9-27)16-2-1-3-16/h10,12,16H,1-9,13-14H2,(H,23,24). The van der Waals surface area contributed by atoms with Crippen LogP contribution >= 0.6 is 0 Å². The molecule has 1 saturated carbocycles. The second-order valence-electron chi connectivity index (χ2n) is 8.28. The van der Waals surface area contributed by atoms with E-state index in [0.29, 0.717) is 12.1 Å². The zero-order chi connectivity index (χ0) is 19.1. The van der Waals surface area contributed by atoms with Crippen LogP contribution in [0.4, 0.5) is 0 Å². The quantitative estimate of drug-likeness (QED) is 0.875. The number of nitrogens with one attached hydrogen (secondary N) is 1. The molecule has 5 rings (SSSR count). The van der Waals surface area contributed by atoms with Crippen LogP contribution in [0.3, 0.4) is 0 Å². The Morgan fingerprint density at radius 3 is 2.79 bits per heavy atom. The summed E-state index contributed by atoms with van der Waals surface area (Å²) in [5.41, 5.74) is 3.81. The van der Waals surface area contributed by atoms with Gasteiger partial charge in [-0.05, 0) is 30.9 Å². The topological polar surface area (TPSA) is 79.3 Å². The van der Waals surface area contributed by atoms with Gasteiger partial charge in [0.2, 0.25) is 5.91 Å². The number of carbonyl (C=O) groups is 1. The third-order valence-electron chi connectivity index (χ3n) is 6.65. The molecule has 0 radical (unpaired) electrons. The maximum absolute atomic E-state index is 12.8. The van der Waals surface area contributed by atoms with E-state index in [-0.39, 0.29) is 5.91 Å². The zero-order valence-electron chi connectivity index (χ0n) is 16.2. The van der Waals surface area contributed by atoms with Gasteiger partial charge in [0.25, 0.3) is 0 Å². The fourth-order valence-corrected chi connectivity index (χ4v) is 4.74. The number of carbonyl (C=O) groups excluding carboxylic acids is 1. The summed E-state index contributed by atoms with van der Waals surface area (Å²) < 4.78 is 0. The molecule has 146 valence electrons. The number of aromatic nitrogens is 2. The van der Waals surface area contributed by atoms with Gasteiger partial charge in [0.05, 0.1) is 12.1 Å². The highest BCUT2D eigenvalue weighted by Gasteiger charge is 2.30. The first kappa shape index (κ1) is 17.7. The second-order valence-corrected chi connectivity index (χ2v) is 8.28. The molecule has 0 atom stereocenters. The van der Waals surface area contributed by atoms with Gasteiger partial charge in [-0.1, -0.05) is 6.42 Å². The summed E-state index contributed by atoms with van der Waals surface area (Å²) in [7, 11) is 0. The molecule has 1 N–H and O–H groups in total. The Morgan fingerprint density at radius 1 is 1.25 bits per heavy atom. The molecule has 4 heterocycles. The van der Waals surface area contributed by atoms with Crippen molar-refractivity contribution in [3.63, 3.8) is 0 Å². The predicted molar refractivity (Wildman–Crippen MR) is 106 cm³/mol. The molecule has 3 aliphatic rings. The summed E-state index contributed by atoms with van der Waals surface area (Å²) in [5, 5.41) is 10.2. The molecule has 1 aliphatic carbocycles. The van der Waals surface area contributed by atoms with Crippen LogP contribution in [0.25, 0.3) is 11.0 Å². The largest absolute Gasteiger partial charge is 0.342 e. The van der Waals surface area contributed by atoms with Crippen molar-refractivity contribution < 1.29 is 4.79 Å². The molecule has 2 aliphatic heterocycles. The molecule has 2 aromatic rings. The Kier molecular flexibility index (Phi) is 4.53. The van der Waals surface area contributed by atoms with Crippen molar-refractivity contribution in [2.24, 2.45) is 0 Å². The number of fused-ring (bicyclic) bond motifs is 3. The van der Waals surface area contributed by atoms with Crippen LogP contribution in [-0.2, 0) is 17.8 Å². The normalized spacial score (nSPS) is 21.3. The molecule has 1 saturated heterocycles. The molecule has 7 nitrogen and oxygen atoms in total. The van der Waals surface area contributed by atoms with Gasteiger partial charge < -0.3 is 9.88 Å². The molecule has 2 aromatic heterocycles. The molecule has 0 unspecified atom stereocenters. The van der Waals surface area contributed by atoms with Crippen LogP contribution in [0.5, 0.6) is 0 Å². The lowest BCUT2D eigenvalue weighted by Gasteiger charge is -2.43. The number of H-pyrrole nitrogens is 1. The van der Waals surface area contributed by atoms with Crippen molar-refractivity contribution in [3.05, 3.63) is 29.1 Å². The van der Waals surface area contributed by atoms with Crippen molar-refractivity contribution in [2.75, 3.05) is 39.3 Å². The maximum Gasteiger partial charge on any atom is 0.236 e. The second kappa shape index (κ2) is 7.19. The number of hydrogen-bond acceptors (Lipinski definition) is 5. The van der Waals surface area contributed by atoms with Gasteiger partial charge >= 0.3 is 0 Å². The number of pyridine rings is 1. The van der Waals surface area contributed by atoms with Crippen molar-refractivity contribution in [1.82, 2.24) is 24.7 Å². The van der Waals surface area contributed by atoms with Crippen LogP contribution in [0.1, 0.15) is 36.1 Å². The first-order chi connectivity index (χ1) is 13.7. The average Bonchev–Trinajstić information content (AvgIpc) is 3.04. The summed E-state index contributed by atoms with van der Waals surface area (Å²) in [6.07, 6.45) is 6.52. The molecule has 0 spiro atoms. The van der Waals surface area contributed by atoms with Gasteiger partial charge in [0.15, 0.2) is 0 Å². The number of hydrogen-bond donors (Lipinski definition) is 1. The lowest BCUT2D eigenvalue weighted by Crippen LogP contribution is -2.55. The van der Waals surface area contributed by atoms with Crippen molar-refractivity contribution in [2.45, 2.75) is 38.3 Å². The van der Waals surface area contributed by atoms with Gasteiger partial charge in [-0.2, -0.15) is 5.26 Å². The van der Waals surface area contributed by atoms with Crippen molar-refractivity contribution in [3.8, 4) is 6.07 Å². The fourth-order valence-electron chi connectivity index (χ4n) is 4.74. The lowest BCUT2D eigenvalue weighted by molar-refractivity contribution is -0.135. The summed E-state index contributed by atoms with van der Waals surface area (Å²) in [4.78, 5) is 27.4. The monoisotopic (exact) mass is 378 g/mol. The molecule has 1 amide bonds. The Labute approximate surface area is 164 Å².